The predicted molar refractivity (Wildman–Crippen MR) is 85.2 cm³/mol. The van der Waals surface area contributed by atoms with E-state index < -0.39 is 0 Å². The molecule has 3 atom stereocenters. The Morgan fingerprint density at radius 3 is 2.95 bits per heavy atom. The monoisotopic (exact) mass is 324 g/mol. The number of nitrogens with zero attached hydrogens (tertiary/aromatic N) is 1. The van der Waals surface area contributed by atoms with Crippen LogP contribution in [-0.4, -0.2) is 36.8 Å². The maximum atomic E-state index is 12.5. The van der Waals surface area contributed by atoms with Crippen molar-refractivity contribution in [1.29, 1.82) is 0 Å². The molecule has 1 saturated carbocycles. The van der Waals surface area contributed by atoms with Gasteiger partial charge in [0.15, 0.2) is 0 Å². The van der Waals surface area contributed by atoms with Crippen LogP contribution in [0.15, 0.2) is 5.38 Å². The van der Waals surface area contributed by atoms with E-state index in [1.165, 1.54) is 24.2 Å². The minimum absolute atomic E-state index is 0.0798. The summed E-state index contributed by atoms with van der Waals surface area (Å²) in [5.74, 6) is -0.0885. The van der Waals surface area contributed by atoms with Crippen molar-refractivity contribution in [2.45, 2.75) is 63.2 Å². The van der Waals surface area contributed by atoms with Crippen molar-refractivity contribution < 1.29 is 14.3 Å². The average Bonchev–Trinajstić information content (AvgIpc) is 3.16. The average molecular weight is 324 g/mol. The zero-order chi connectivity index (χ0) is 15.4. The third-order valence-electron chi connectivity index (χ3n) is 4.53. The molecular formula is C16H24N2O3S. The van der Waals surface area contributed by atoms with Gasteiger partial charge in [0.1, 0.15) is 16.8 Å². The Morgan fingerprint density at radius 1 is 1.32 bits per heavy atom. The first-order valence-electron chi connectivity index (χ1n) is 8.18. The van der Waals surface area contributed by atoms with E-state index >= 15 is 0 Å². The van der Waals surface area contributed by atoms with Crippen LogP contribution < -0.4 is 5.32 Å². The molecule has 2 heterocycles. The third-order valence-corrected chi connectivity index (χ3v) is 5.47. The number of aromatic nitrogens is 1. The molecule has 1 aromatic rings. The summed E-state index contributed by atoms with van der Waals surface area (Å²) >= 11 is 1.52. The maximum Gasteiger partial charge on any atom is 0.271 e. The SMILES string of the molecule is COC1CCCCCC1NC(=O)c1csc(C2CCCO2)n1. The van der Waals surface area contributed by atoms with E-state index in [4.69, 9.17) is 9.47 Å². The summed E-state index contributed by atoms with van der Waals surface area (Å²) in [7, 11) is 1.73. The molecule has 0 bridgehead atoms. The van der Waals surface area contributed by atoms with Gasteiger partial charge in [0.25, 0.3) is 5.91 Å². The second-order valence-electron chi connectivity index (χ2n) is 6.06. The topological polar surface area (TPSA) is 60.5 Å². The molecule has 6 heteroatoms. The highest BCUT2D eigenvalue weighted by Crippen LogP contribution is 2.30. The van der Waals surface area contributed by atoms with Gasteiger partial charge in [0, 0.05) is 19.1 Å². The lowest BCUT2D eigenvalue weighted by atomic mass is 10.1. The lowest BCUT2D eigenvalue weighted by molar-refractivity contribution is 0.0566. The third kappa shape index (κ3) is 3.67. The molecule has 2 aliphatic rings. The van der Waals surface area contributed by atoms with Gasteiger partial charge in [-0.3, -0.25) is 4.79 Å². The second-order valence-corrected chi connectivity index (χ2v) is 6.95. The smallest absolute Gasteiger partial charge is 0.271 e. The quantitative estimate of drug-likeness (QED) is 0.865. The number of nitrogens with one attached hydrogen (secondary N) is 1. The summed E-state index contributed by atoms with van der Waals surface area (Å²) in [5.41, 5.74) is 0.509. The van der Waals surface area contributed by atoms with Crippen LogP contribution in [0.4, 0.5) is 0 Å². The Labute approximate surface area is 135 Å². The Hall–Kier alpha value is -0.980. The van der Waals surface area contributed by atoms with Crippen molar-refractivity contribution in [2.75, 3.05) is 13.7 Å². The fraction of sp³-hybridized carbons (Fsp3) is 0.750. The molecule has 122 valence electrons. The molecule has 3 unspecified atom stereocenters. The highest BCUT2D eigenvalue weighted by Gasteiger charge is 2.27. The van der Waals surface area contributed by atoms with Gasteiger partial charge in [-0.25, -0.2) is 4.98 Å². The zero-order valence-corrected chi connectivity index (χ0v) is 13.9. The molecule has 0 spiro atoms. The normalized spacial score (nSPS) is 29.2. The lowest BCUT2D eigenvalue weighted by Gasteiger charge is -2.24. The molecule has 22 heavy (non-hydrogen) atoms. The number of hydrogen-bond donors (Lipinski definition) is 1. The molecular weight excluding hydrogens is 300 g/mol. The summed E-state index contributed by atoms with van der Waals surface area (Å²) in [6.45, 7) is 0.795. The predicted octanol–water partition coefficient (Wildman–Crippen LogP) is 3.07. The van der Waals surface area contributed by atoms with E-state index in [1.54, 1.807) is 7.11 Å². The summed E-state index contributed by atoms with van der Waals surface area (Å²) in [6.07, 6.45) is 7.79. The number of methoxy groups -OCH3 is 1. The second kappa shape index (κ2) is 7.53. The van der Waals surface area contributed by atoms with Crippen LogP contribution in [0.25, 0.3) is 0 Å². The van der Waals surface area contributed by atoms with E-state index in [9.17, 15) is 4.79 Å². The number of thiazole rings is 1. The molecule has 3 rings (SSSR count). The van der Waals surface area contributed by atoms with Crippen molar-refractivity contribution in [2.24, 2.45) is 0 Å². The number of ether oxygens (including phenoxy) is 2. The van der Waals surface area contributed by atoms with Gasteiger partial charge in [-0.1, -0.05) is 19.3 Å². The lowest BCUT2D eigenvalue weighted by Crippen LogP contribution is -2.43. The Bertz CT molecular complexity index is 499. The Morgan fingerprint density at radius 2 is 2.18 bits per heavy atom. The first kappa shape index (κ1) is 15.9. The summed E-state index contributed by atoms with van der Waals surface area (Å²) in [5, 5.41) is 5.88. The molecule has 1 N–H and O–H groups in total. The standard InChI is InChI=1S/C16H24N2O3S/c1-20-13-7-4-2-3-6-11(13)17-15(19)12-10-22-16(18-12)14-8-5-9-21-14/h10-11,13-14H,2-9H2,1H3,(H,17,19). The van der Waals surface area contributed by atoms with E-state index in [0.717, 1.165) is 43.7 Å². The molecule has 1 aromatic heterocycles. The molecule has 1 saturated heterocycles. The molecule has 0 radical (unpaired) electrons. The van der Waals surface area contributed by atoms with Crippen LogP contribution in [0.1, 0.15) is 66.5 Å². The number of carbonyl (C=O) groups is 1. The molecule has 1 aliphatic carbocycles. The van der Waals surface area contributed by atoms with Crippen LogP contribution in [-0.2, 0) is 9.47 Å². The molecule has 5 nitrogen and oxygen atoms in total. The van der Waals surface area contributed by atoms with Crippen molar-refractivity contribution in [3.63, 3.8) is 0 Å². The molecule has 2 fully saturated rings. The number of carbonyl (C=O) groups excluding carboxylic acids is 1. The van der Waals surface area contributed by atoms with Crippen LogP contribution in [0, 0.1) is 0 Å². The largest absolute Gasteiger partial charge is 0.379 e. The minimum Gasteiger partial charge on any atom is -0.379 e. The fourth-order valence-electron chi connectivity index (χ4n) is 3.28. The van der Waals surface area contributed by atoms with Gasteiger partial charge >= 0.3 is 0 Å². The van der Waals surface area contributed by atoms with Crippen molar-refractivity contribution in [3.8, 4) is 0 Å². The Kier molecular flexibility index (Phi) is 5.44. The Balaban J connectivity index is 1.63. The summed E-state index contributed by atoms with van der Waals surface area (Å²) in [6, 6.07) is 0.0906. The van der Waals surface area contributed by atoms with Crippen LogP contribution >= 0.6 is 11.3 Å². The van der Waals surface area contributed by atoms with E-state index in [-0.39, 0.29) is 24.2 Å². The van der Waals surface area contributed by atoms with E-state index in [1.807, 2.05) is 5.38 Å². The van der Waals surface area contributed by atoms with Crippen LogP contribution in [0.3, 0.4) is 0 Å². The van der Waals surface area contributed by atoms with Gasteiger partial charge in [-0.2, -0.15) is 0 Å². The number of rotatable bonds is 4. The molecule has 1 aliphatic heterocycles. The summed E-state index contributed by atoms with van der Waals surface area (Å²) in [4.78, 5) is 16.9. The van der Waals surface area contributed by atoms with Crippen molar-refractivity contribution in [1.82, 2.24) is 10.3 Å². The van der Waals surface area contributed by atoms with Gasteiger partial charge in [0.05, 0.1) is 12.1 Å². The maximum absolute atomic E-state index is 12.5. The van der Waals surface area contributed by atoms with Crippen molar-refractivity contribution >= 4 is 17.2 Å². The highest BCUT2D eigenvalue weighted by atomic mass is 32.1. The molecule has 1 amide bonds. The van der Waals surface area contributed by atoms with Gasteiger partial charge < -0.3 is 14.8 Å². The van der Waals surface area contributed by atoms with Gasteiger partial charge in [-0.05, 0) is 25.7 Å². The van der Waals surface area contributed by atoms with Crippen LogP contribution in [0.2, 0.25) is 0 Å². The first-order valence-corrected chi connectivity index (χ1v) is 9.06. The first-order chi connectivity index (χ1) is 10.8. The fourth-order valence-corrected chi connectivity index (χ4v) is 4.16. The van der Waals surface area contributed by atoms with E-state index in [0.29, 0.717) is 5.69 Å². The van der Waals surface area contributed by atoms with Gasteiger partial charge in [0.2, 0.25) is 0 Å². The van der Waals surface area contributed by atoms with Crippen LogP contribution in [0.5, 0.6) is 0 Å². The van der Waals surface area contributed by atoms with Crippen molar-refractivity contribution in [3.05, 3.63) is 16.1 Å². The summed E-state index contributed by atoms with van der Waals surface area (Å²) < 4.78 is 11.2. The number of amides is 1. The molecule has 0 aromatic carbocycles. The zero-order valence-electron chi connectivity index (χ0n) is 13.0. The highest BCUT2D eigenvalue weighted by molar-refractivity contribution is 7.09. The number of hydrogen-bond acceptors (Lipinski definition) is 5. The van der Waals surface area contributed by atoms with Gasteiger partial charge in [-0.15, -0.1) is 11.3 Å². The minimum atomic E-state index is -0.0885. The van der Waals surface area contributed by atoms with E-state index in [2.05, 4.69) is 10.3 Å².